The van der Waals surface area contributed by atoms with E-state index in [-0.39, 0.29) is 22.9 Å². The van der Waals surface area contributed by atoms with E-state index in [1.165, 1.54) is 10.9 Å². The number of aromatic nitrogens is 4. The molecule has 4 rings (SSSR count). The Morgan fingerprint density at radius 1 is 1.24 bits per heavy atom. The number of aliphatic hydroxyl groups excluding tert-OH is 3. The number of hydrazone groups is 1. The molecule has 11 nitrogen and oxygen atoms in total. The maximum absolute atomic E-state index is 10.4. The third kappa shape index (κ3) is 3.61. The number of hydrogen-bond acceptors (Lipinski definition) is 10. The molecule has 152 valence electrons. The summed E-state index contributed by atoms with van der Waals surface area (Å²) in [5, 5.41) is 34.6. The van der Waals surface area contributed by atoms with Gasteiger partial charge in [-0.1, -0.05) is 23.7 Å². The summed E-state index contributed by atoms with van der Waals surface area (Å²) in [4.78, 5) is 12.4. The number of imidazole rings is 1. The van der Waals surface area contributed by atoms with Crippen molar-refractivity contribution in [1.29, 1.82) is 0 Å². The van der Waals surface area contributed by atoms with Crippen molar-refractivity contribution >= 4 is 40.7 Å². The first-order valence-electron chi connectivity index (χ1n) is 8.65. The summed E-state index contributed by atoms with van der Waals surface area (Å²) in [7, 11) is 0. The van der Waals surface area contributed by atoms with E-state index in [2.05, 4.69) is 25.5 Å². The van der Waals surface area contributed by atoms with Gasteiger partial charge in [-0.3, -0.25) is 4.57 Å². The first-order valence-corrected chi connectivity index (χ1v) is 9.03. The normalized spacial score (nSPS) is 24.6. The smallest absolute Gasteiger partial charge is 0.228 e. The van der Waals surface area contributed by atoms with E-state index < -0.39 is 31.1 Å². The largest absolute Gasteiger partial charge is 0.394 e. The van der Waals surface area contributed by atoms with Gasteiger partial charge in [0.05, 0.1) is 12.8 Å². The van der Waals surface area contributed by atoms with Crippen LogP contribution in [0.25, 0.3) is 11.2 Å². The molecule has 1 aliphatic heterocycles. The average molecular weight is 420 g/mol. The fraction of sp³-hybridized carbons (Fsp3) is 0.294. The first kappa shape index (κ1) is 19.5. The molecule has 0 spiro atoms. The van der Waals surface area contributed by atoms with Crippen molar-refractivity contribution in [2.75, 3.05) is 17.8 Å². The molecular formula is C17H18ClN7O4. The lowest BCUT2D eigenvalue weighted by Gasteiger charge is -2.18. The monoisotopic (exact) mass is 419 g/mol. The van der Waals surface area contributed by atoms with Crippen LogP contribution in [0.1, 0.15) is 11.8 Å². The van der Waals surface area contributed by atoms with Crippen LogP contribution >= 0.6 is 11.6 Å². The standard InChI is InChI=1S/C17H18ClN7O4/c18-9-3-1-8(2-4-9)5-22-24-17-23-11-14(19)20-7-21-15(11)25(17)16-13(28)12(27)10(6-26)29-16/h1-5,7,10,12-13,16,26-28H,6H2,(H,23,24)(H2,19,20,21)/t10-,12-,13+,16-/m1/s1. The number of halogens is 1. The first-order chi connectivity index (χ1) is 14.0. The highest BCUT2D eigenvalue weighted by atomic mass is 35.5. The van der Waals surface area contributed by atoms with Crippen LogP contribution in [-0.2, 0) is 4.74 Å². The number of nitrogens with one attached hydrogen (secondary N) is 1. The number of anilines is 2. The maximum Gasteiger partial charge on any atom is 0.228 e. The van der Waals surface area contributed by atoms with E-state index in [9.17, 15) is 15.3 Å². The van der Waals surface area contributed by atoms with Crippen molar-refractivity contribution in [2.45, 2.75) is 24.5 Å². The molecule has 1 saturated heterocycles. The number of nitrogen functional groups attached to an aromatic ring is 1. The lowest BCUT2D eigenvalue weighted by atomic mass is 10.1. The van der Waals surface area contributed by atoms with E-state index in [4.69, 9.17) is 22.1 Å². The molecule has 2 aromatic heterocycles. The molecule has 12 heteroatoms. The van der Waals surface area contributed by atoms with Crippen molar-refractivity contribution < 1.29 is 20.1 Å². The SMILES string of the molecule is Nc1ncnc2c1nc(NN=Cc1ccc(Cl)cc1)n2[C@@H]1O[C@H](CO)[C@@H](O)[C@@H]1O. The molecule has 0 unspecified atom stereocenters. The van der Waals surface area contributed by atoms with Gasteiger partial charge in [0.15, 0.2) is 23.2 Å². The van der Waals surface area contributed by atoms with Gasteiger partial charge in [-0.15, -0.1) is 0 Å². The van der Waals surface area contributed by atoms with Crippen LogP contribution in [0, 0.1) is 0 Å². The molecule has 0 bridgehead atoms. The highest BCUT2D eigenvalue weighted by Gasteiger charge is 2.45. The Morgan fingerprint density at radius 3 is 2.69 bits per heavy atom. The molecular weight excluding hydrogens is 402 g/mol. The van der Waals surface area contributed by atoms with E-state index in [1.807, 2.05) is 0 Å². The zero-order chi connectivity index (χ0) is 20.5. The Balaban J connectivity index is 1.71. The molecule has 0 radical (unpaired) electrons. The molecule has 0 aliphatic carbocycles. The van der Waals surface area contributed by atoms with E-state index >= 15 is 0 Å². The number of rotatable bonds is 5. The molecule has 1 fully saturated rings. The minimum absolute atomic E-state index is 0.130. The summed E-state index contributed by atoms with van der Waals surface area (Å²) >= 11 is 5.87. The van der Waals surface area contributed by atoms with Crippen molar-refractivity contribution in [3.8, 4) is 0 Å². The van der Waals surface area contributed by atoms with Gasteiger partial charge in [-0.2, -0.15) is 5.10 Å². The second-order valence-electron chi connectivity index (χ2n) is 6.39. The van der Waals surface area contributed by atoms with E-state index in [0.29, 0.717) is 5.02 Å². The fourth-order valence-electron chi connectivity index (χ4n) is 3.05. The van der Waals surface area contributed by atoms with Gasteiger partial charge in [0.25, 0.3) is 0 Å². The minimum Gasteiger partial charge on any atom is -0.394 e. The van der Waals surface area contributed by atoms with Gasteiger partial charge in [0, 0.05) is 5.02 Å². The van der Waals surface area contributed by atoms with Crippen LogP contribution in [0.2, 0.25) is 5.02 Å². The molecule has 29 heavy (non-hydrogen) atoms. The number of nitrogens with two attached hydrogens (primary N) is 1. The van der Waals surface area contributed by atoms with Crippen molar-refractivity contribution in [3.63, 3.8) is 0 Å². The molecule has 0 amide bonds. The van der Waals surface area contributed by atoms with Crippen LogP contribution < -0.4 is 11.2 Å². The second-order valence-corrected chi connectivity index (χ2v) is 6.82. The molecule has 6 N–H and O–H groups in total. The Kier molecular flexibility index (Phi) is 5.30. The Hall–Kier alpha value is -2.83. The number of fused-ring (bicyclic) bond motifs is 1. The van der Waals surface area contributed by atoms with Gasteiger partial charge >= 0.3 is 0 Å². The van der Waals surface area contributed by atoms with E-state index in [0.717, 1.165) is 5.56 Å². The van der Waals surface area contributed by atoms with Crippen molar-refractivity contribution in [2.24, 2.45) is 5.10 Å². The minimum atomic E-state index is -1.33. The summed E-state index contributed by atoms with van der Waals surface area (Å²) in [6.07, 6.45) is -1.86. The highest BCUT2D eigenvalue weighted by molar-refractivity contribution is 6.30. The summed E-state index contributed by atoms with van der Waals surface area (Å²) in [6.45, 7) is -0.462. The number of benzene rings is 1. The fourth-order valence-corrected chi connectivity index (χ4v) is 3.18. The van der Waals surface area contributed by atoms with Crippen LogP contribution in [-0.4, -0.2) is 66.0 Å². The third-order valence-electron chi connectivity index (χ3n) is 4.53. The van der Waals surface area contributed by atoms with Crippen LogP contribution in [0.4, 0.5) is 11.8 Å². The lowest BCUT2D eigenvalue weighted by molar-refractivity contribution is -0.0501. The molecule has 1 aliphatic rings. The lowest BCUT2D eigenvalue weighted by Crippen LogP contribution is -2.33. The van der Waals surface area contributed by atoms with Gasteiger partial charge < -0.3 is 25.8 Å². The number of aliphatic hydroxyl groups is 3. The Labute approximate surface area is 169 Å². The molecule has 1 aromatic carbocycles. The summed E-state index contributed by atoms with van der Waals surface area (Å²) < 4.78 is 7.02. The zero-order valence-corrected chi connectivity index (χ0v) is 15.7. The predicted molar refractivity (Wildman–Crippen MR) is 105 cm³/mol. The van der Waals surface area contributed by atoms with Gasteiger partial charge in [-0.25, -0.2) is 20.4 Å². The number of nitrogens with zero attached hydrogens (tertiary/aromatic N) is 5. The van der Waals surface area contributed by atoms with Gasteiger partial charge in [0.1, 0.15) is 24.6 Å². The Morgan fingerprint density at radius 2 is 2.00 bits per heavy atom. The summed E-state index contributed by atoms with van der Waals surface area (Å²) in [5.41, 5.74) is 9.99. The average Bonchev–Trinajstić information content (AvgIpc) is 3.22. The topological polar surface area (TPSA) is 164 Å². The van der Waals surface area contributed by atoms with Gasteiger partial charge in [-0.05, 0) is 17.7 Å². The number of hydrogen-bond donors (Lipinski definition) is 5. The molecule has 0 saturated carbocycles. The zero-order valence-electron chi connectivity index (χ0n) is 14.9. The van der Waals surface area contributed by atoms with Crippen LogP contribution in [0.15, 0.2) is 35.7 Å². The maximum atomic E-state index is 10.4. The van der Waals surface area contributed by atoms with E-state index in [1.54, 1.807) is 30.5 Å². The van der Waals surface area contributed by atoms with Crippen LogP contribution in [0.3, 0.4) is 0 Å². The molecule has 3 aromatic rings. The van der Waals surface area contributed by atoms with Crippen molar-refractivity contribution in [1.82, 2.24) is 19.5 Å². The quantitative estimate of drug-likeness (QED) is 0.285. The number of ether oxygens (including phenoxy) is 1. The summed E-state index contributed by atoms with van der Waals surface area (Å²) in [5.74, 6) is 0.289. The van der Waals surface area contributed by atoms with Crippen LogP contribution in [0.5, 0.6) is 0 Å². The third-order valence-corrected chi connectivity index (χ3v) is 4.78. The van der Waals surface area contributed by atoms with Gasteiger partial charge in [0.2, 0.25) is 5.95 Å². The molecule has 4 atom stereocenters. The Bertz CT molecular complexity index is 1040. The second kappa shape index (κ2) is 7.89. The molecule has 3 heterocycles. The predicted octanol–water partition coefficient (Wildman–Crippen LogP) is 0.119. The summed E-state index contributed by atoms with van der Waals surface area (Å²) in [6, 6.07) is 7.03. The van der Waals surface area contributed by atoms with Crippen molar-refractivity contribution in [3.05, 3.63) is 41.2 Å². The highest BCUT2D eigenvalue weighted by Crippen LogP contribution is 2.35.